The van der Waals surface area contributed by atoms with E-state index in [0.717, 1.165) is 19.4 Å². The molecule has 2 rings (SSSR count). The SMILES string of the molecule is CCCCCCCNC1CC(=O)N(c2ccc(Cl)cc2)C1=O. The maximum atomic E-state index is 12.4. The number of anilines is 1. The number of unbranched alkanes of at least 4 members (excludes halogenated alkanes) is 4. The number of carbonyl (C=O) groups excluding carboxylic acids is 2. The molecule has 22 heavy (non-hydrogen) atoms. The van der Waals surface area contributed by atoms with E-state index in [9.17, 15) is 9.59 Å². The average molecular weight is 323 g/mol. The third-order valence-electron chi connectivity index (χ3n) is 3.90. The fraction of sp³-hybridized carbons (Fsp3) is 0.529. The number of benzene rings is 1. The predicted octanol–water partition coefficient (Wildman–Crippen LogP) is 3.53. The third kappa shape index (κ3) is 4.31. The second-order valence-electron chi connectivity index (χ2n) is 5.67. The Hall–Kier alpha value is -1.39. The summed E-state index contributed by atoms with van der Waals surface area (Å²) in [6.07, 6.45) is 6.14. The Labute approximate surface area is 136 Å². The van der Waals surface area contributed by atoms with Crippen LogP contribution in [0.5, 0.6) is 0 Å². The molecule has 4 nitrogen and oxygen atoms in total. The summed E-state index contributed by atoms with van der Waals surface area (Å²) in [6.45, 7) is 2.97. The van der Waals surface area contributed by atoms with E-state index in [4.69, 9.17) is 11.6 Å². The zero-order valence-corrected chi connectivity index (χ0v) is 13.7. The Morgan fingerprint density at radius 1 is 1.14 bits per heavy atom. The van der Waals surface area contributed by atoms with Gasteiger partial charge in [0.1, 0.15) is 0 Å². The molecule has 0 aliphatic carbocycles. The predicted molar refractivity (Wildman–Crippen MR) is 89.1 cm³/mol. The lowest BCUT2D eigenvalue weighted by Crippen LogP contribution is -2.39. The highest BCUT2D eigenvalue weighted by atomic mass is 35.5. The van der Waals surface area contributed by atoms with Crippen LogP contribution in [0.2, 0.25) is 5.02 Å². The van der Waals surface area contributed by atoms with E-state index < -0.39 is 6.04 Å². The van der Waals surface area contributed by atoms with Gasteiger partial charge in [-0.1, -0.05) is 44.2 Å². The number of nitrogens with one attached hydrogen (secondary N) is 1. The molecule has 1 unspecified atom stereocenters. The third-order valence-corrected chi connectivity index (χ3v) is 4.15. The van der Waals surface area contributed by atoms with Crippen LogP contribution in [0.3, 0.4) is 0 Å². The molecule has 120 valence electrons. The van der Waals surface area contributed by atoms with Crippen molar-refractivity contribution in [3.63, 3.8) is 0 Å². The molecule has 0 bridgehead atoms. The van der Waals surface area contributed by atoms with Gasteiger partial charge in [-0.2, -0.15) is 0 Å². The van der Waals surface area contributed by atoms with Crippen molar-refractivity contribution in [2.45, 2.75) is 51.5 Å². The first kappa shape index (κ1) is 17.0. The van der Waals surface area contributed by atoms with Crippen molar-refractivity contribution in [1.29, 1.82) is 0 Å². The number of hydrogen-bond acceptors (Lipinski definition) is 3. The minimum absolute atomic E-state index is 0.157. The van der Waals surface area contributed by atoms with Crippen molar-refractivity contribution in [2.24, 2.45) is 0 Å². The monoisotopic (exact) mass is 322 g/mol. The van der Waals surface area contributed by atoms with Crippen LogP contribution in [0.15, 0.2) is 24.3 Å². The van der Waals surface area contributed by atoms with E-state index in [2.05, 4.69) is 12.2 Å². The van der Waals surface area contributed by atoms with Crippen LogP contribution >= 0.6 is 11.6 Å². The number of hydrogen-bond donors (Lipinski definition) is 1. The number of nitrogens with zero attached hydrogens (tertiary/aromatic N) is 1. The van der Waals surface area contributed by atoms with Crippen LogP contribution in [0.1, 0.15) is 45.4 Å². The normalized spacial score (nSPS) is 18.3. The number of imide groups is 1. The van der Waals surface area contributed by atoms with E-state index in [1.165, 1.54) is 24.2 Å². The van der Waals surface area contributed by atoms with Gasteiger partial charge in [0.25, 0.3) is 5.91 Å². The highest BCUT2D eigenvalue weighted by molar-refractivity contribution is 6.30. The molecule has 1 aliphatic heterocycles. The van der Waals surface area contributed by atoms with Crippen LogP contribution in [0.25, 0.3) is 0 Å². The van der Waals surface area contributed by atoms with Crippen molar-refractivity contribution in [3.8, 4) is 0 Å². The van der Waals surface area contributed by atoms with Gasteiger partial charge in [0, 0.05) is 5.02 Å². The van der Waals surface area contributed by atoms with Gasteiger partial charge in [0.05, 0.1) is 18.2 Å². The van der Waals surface area contributed by atoms with Gasteiger partial charge in [-0.05, 0) is 37.2 Å². The zero-order valence-electron chi connectivity index (χ0n) is 13.0. The molecular weight excluding hydrogens is 300 g/mol. The Kier molecular flexibility index (Phi) is 6.40. The lowest BCUT2D eigenvalue weighted by Gasteiger charge is -2.15. The minimum atomic E-state index is -0.394. The van der Waals surface area contributed by atoms with E-state index in [1.54, 1.807) is 24.3 Å². The standard InChI is InChI=1S/C17H23ClN2O2/c1-2-3-4-5-6-11-19-15-12-16(21)20(17(15)22)14-9-7-13(18)8-10-14/h7-10,15,19H,2-6,11-12H2,1H3. The summed E-state index contributed by atoms with van der Waals surface area (Å²) < 4.78 is 0. The van der Waals surface area contributed by atoms with Gasteiger partial charge < -0.3 is 5.32 Å². The van der Waals surface area contributed by atoms with Crippen LogP contribution in [0, 0.1) is 0 Å². The summed E-state index contributed by atoms with van der Waals surface area (Å²) in [5.41, 5.74) is 0.589. The number of carbonyl (C=O) groups is 2. The summed E-state index contributed by atoms with van der Waals surface area (Å²) in [5, 5.41) is 3.80. The molecule has 2 amide bonds. The van der Waals surface area contributed by atoms with Gasteiger partial charge in [-0.3, -0.25) is 9.59 Å². The topological polar surface area (TPSA) is 49.4 Å². The summed E-state index contributed by atoms with van der Waals surface area (Å²) in [5.74, 6) is -0.323. The molecule has 5 heteroatoms. The van der Waals surface area contributed by atoms with Crippen LogP contribution in [-0.2, 0) is 9.59 Å². The van der Waals surface area contributed by atoms with Gasteiger partial charge >= 0.3 is 0 Å². The van der Waals surface area contributed by atoms with Gasteiger partial charge in [0.15, 0.2) is 0 Å². The molecule has 0 radical (unpaired) electrons. The number of amides is 2. The molecule has 1 N–H and O–H groups in total. The van der Waals surface area contributed by atoms with Gasteiger partial charge in [0.2, 0.25) is 5.91 Å². The maximum absolute atomic E-state index is 12.4. The van der Waals surface area contributed by atoms with Gasteiger partial charge in [-0.25, -0.2) is 4.90 Å². The molecule has 0 spiro atoms. The molecule has 1 atom stereocenters. The van der Waals surface area contributed by atoms with Crippen molar-refractivity contribution < 1.29 is 9.59 Å². The summed E-state index contributed by atoms with van der Waals surface area (Å²) in [6, 6.07) is 6.38. The fourth-order valence-electron chi connectivity index (χ4n) is 2.66. The fourth-order valence-corrected chi connectivity index (χ4v) is 2.78. The van der Waals surface area contributed by atoms with Crippen LogP contribution < -0.4 is 10.2 Å². The molecule has 0 saturated carbocycles. The Morgan fingerprint density at radius 2 is 1.82 bits per heavy atom. The summed E-state index contributed by atoms with van der Waals surface area (Å²) in [7, 11) is 0. The molecule has 0 aromatic heterocycles. The minimum Gasteiger partial charge on any atom is -0.305 e. The Morgan fingerprint density at radius 3 is 2.50 bits per heavy atom. The van der Waals surface area contributed by atoms with Crippen molar-refractivity contribution in [1.82, 2.24) is 5.32 Å². The van der Waals surface area contributed by atoms with Crippen molar-refractivity contribution >= 4 is 29.1 Å². The molecular formula is C17H23ClN2O2. The second kappa shape index (κ2) is 8.30. The largest absolute Gasteiger partial charge is 0.305 e. The average Bonchev–Trinajstić information content (AvgIpc) is 2.78. The van der Waals surface area contributed by atoms with Crippen molar-refractivity contribution in [3.05, 3.63) is 29.3 Å². The van der Waals surface area contributed by atoms with Gasteiger partial charge in [-0.15, -0.1) is 0 Å². The van der Waals surface area contributed by atoms with Crippen LogP contribution in [0.4, 0.5) is 5.69 Å². The van der Waals surface area contributed by atoms with Crippen LogP contribution in [-0.4, -0.2) is 24.4 Å². The van der Waals surface area contributed by atoms with E-state index in [-0.39, 0.29) is 18.2 Å². The second-order valence-corrected chi connectivity index (χ2v) is 6.11. The summed E-state index contributed by atoms with van der Waals surface area (Å²) >= 11 is 5.84. The molecule has 1 heterocycles. The lowest BCUT2D eigenvalue weighted by molar-refractivity contribution is -0.121. The van der Waals surface area contributed by atoms with E-state index >= 15 is 0 Å². The first-order valence-corrected chi connectivity index (χ1v) is 8.37. The quantitative estimate of drug-likeness (QED) is 0.588. The molecule has 1 aliphatic rings. The highest BCUT2D eigenvalue weighted by Crippen LogP contribution is 2.24. The van der Waals surface area contributed by atoms with Crippen molar-refractivity contribution in [2.75, 3.05) is 11.4 Å². The maximum Gasteiger partial charge on any atom is 0.251 e. The Balaban J connectivity index is 1.85. The first-order chi connectivity index (χ1) is 10.6. The smallest absolute Gasteiger partial charge is 0.251 e. The first-order valence-electron chi connectivity index (χ1n) is 7.99. The number of rotatable bonds is 8. The zero-order chi connectivity index (χ0) is 15.9. The van der Waals surface area contributed by atoms with E-state index in [0.29, 0.717) is 10.7 Å². The highest BCUT2D eigenvalue weighted by Gasteiger charge is 2.38. The molecule has 1 aromatic rings. The number of halogens is 1. The summed E-state index contributed by atoms with van der Waals surface area (Å²) in [4.78, 5) is 25.7. The molecule has 1 saturated heterocycles. The molecule has 1 fully saturated rings. The Bertz CT molecular complexity index is 516. The molecule has 1 aromatic carbocycles. The van der Waals surface area contributed by atoms with E-state index in [1.807, 2.05) is 0 Å². The lowest BCUT2D eigenvalue weighted by atomic mass is 10.1.